The molecule has 4 heteroatoms. The number of nitrogens with one attached hydrogen (secondary N) is 1. The van der Waals surface area contributed by atoms with Crippen LogP contribution in [0, 0.1) is 13.8 Å². The minimum absolute atomic E-state index is 0.573. The third-order valence-corrected chi connectivity index (χ3v) is 3.14. The molecule has 1 unspecified atom stereocenters. The van der Waals surface area contributed by atoms with Gasteiger partial charge >= 0.3 is 0 Å². The normalized spacial score (nSPS) is 12.1. The zero-order valence-electron chi connectivity index (χ0n) is 12.3. The van der Waals surface area contributed by atoms with Crippen LogP contribution < -0.4 is 10.1 Å². The zero-order chi connectivity index (χ0) is 14.7. The van der Waals surface area contributed by atoms with Crippen LogP contribution in [0.2, 0.25) is 0 Å². The van der Waals surface area contributed by atoms with Crippen molar-refractivity contribution in [2.75, 3.05) is 12.4 Å². The molecule has 0 aliphatic carbocycles. The molecule has 106 valence electrons. The Morgan fingerprint density at radius 2 is 2.00 bits per heavy atom. The smallest absolute Gasteiger partial charge is 0.120 e. The molecule has 0 radical (unpaired) electrons. The second kappa shape index (κ2) is 5.92. The number of hydrogen-bond acceptors (Lipinski definition) is 4. The van der Waals surface area contributed by atoms with Crippen LogP contribution in [0.3, 0.4) is 0 Å². The molecule has 0 aliphatic heterocycles. The predicted octanol–water partition coefficient (Wildman–Crippen LogP) is 3.50. The standard InChI is InChI=1S/C16H20N2O2/c1-10-8-15(16(12(3)19)11(2)17-10)18-13-6-5-7-14(9-13)20-4/h5-9,12,19H,1-4H3,(H,17,18). The van der Waals surface area contributed by atoms with E-state index >= 15 is 0 Å². The molecule has 0 spiro atoms. The van der Waals surface area contributed by atoms with Crippen molar-refractivity contribution in [1.29, 1.82) is 0 Å². The fourth-order valence-corrected chi connectivity index (χ4v) is 2.33. The lowest BCUT2D eigenvalue weighted by atomic mass is 10.1. The van der Waals surface area contributed by atoms with Crippen LogP contribution in [-0.4, -0.2) is 17.2 Å². The summed E-state index contributed by atoms with van der Waals surface area (Å²) in [5.74, 6) is 0.788. The largest absolute Gasteiger partial charge is 0.497 e. The van der Waals surface area contributed by atoms with E-state index in [9.17, 15) is 5.11 Å². The molecule has 0 fully saturated rings. The summed E-state index contributed by atoms with van der Waals surface area (Å²) in [5.41, 5.74) is 4.36. The van der Waals surface area contributed by atoms with E-state index in [-0.39, 0.29) is 0 Å². The highest BCUT2D eigenvalue weighted by molar-refractivity contribution is 5.66. The van der Waals surface area contributed by atoms with Gasteiger partial charge in [0, 0.05) is 34.4 Å². The molecule has 2 N–H and O–H groups in total. The third-order valence-electron chi connectivity index (χ3n) is 3.14. The highest BCUT2D eigenvalue weighted by Crippen LogP contribution is 2.29. The molecule has 2 aromatic rings. The molecule has 1 aromatic heterocycles. The molecule has 0 amide bonds. The number of pyridine rings is 1. The Hall–Kier alpha value is -2.07. The molecule has 1 atom stereocenters. The maximum atomic E-state index is 9.95. The lowest BCUT2D eigenvalue weighted by Gasteiger charge is -2.17. The Morgan fingerprint density at radius 3 is 2.65 bits per heavy atom. The number of nitrogens with zero attached hydrogens (tertiary/aromatic N) is 1. The maximum Gasteiger partial charge on any atom is 0.120 e. The summed E-state index contributed by atoms with van der Waals surface area (Å²) < 4.78 is 5.22. The van der Waals surface area contributed by atoms with Gasteiger partial charge in [-0.15, -0.1) is 0 Å². The van der Waals surface area contributed by atoms with E-state index in [1.54, 1.807) is 14.0 Å². The molecule has 2 rings (SSSR count). The van der Waals surface area contributed by atoms with Gasteiger partial charge in [-0.2, -0.15) is 0 Å². The number of aliphatic hydroxyl groups excluding tert-OH is 1. The first-order valence-electron chi connectivity index (χ1n) is 6.58. The lowest BCUT2D eigenvalue weighted by molar-refractivity contribution is 0.199. The number of ether oxygens (including phenoxy) is 1. The van der Waals surface area contributed by atoms with E-state index in [4.69, 9.17) is 4.74 Å². The Kier molecular flexibility index (Phi) is 4.25. The van der Waals surface area contributed by atoms with E-state index in [1.165, 1.54) is 0 Å². The molecule has 4 nitrogen and oxygen atoms in total. The van der Waals surface area contributed by atoms with E-state index < -0.39 is 6.10 Å². The summed E-state index contributed by atoms with van der Waals surface area (Å²) in [6, 6.07) is 9.62. The number of aromatic nitrogens is 1. The number of anilines is 2. The molecular weight excluding hydrogens is 252 g/mol. The van der Waals surface area contributed by atoms with Gasteiger partial charge in [0.15, 0.2) is 0 Å². The van der Waals surface area contributed by atoms with Gasteiger partial charge in [0.25, 0.3) is 0 Å². The van der Waals surface area contributed by atoms with Crippen molar-refractivity contribution < 1.29 is 9.84 Å². The molecule has 1 heterocycles. The van der Waals surface area contributed by atoms with Crippen molar-refractivity contribution in [1.82, 2.24) is 4.98 Å². The van der Waals surface area contributed by atoms with Crippen LogP contribution in [0.5, 0.6) is 5.75 Å². The van der Waals surface area contributed by atoms with Gasteiger partial charge in [-0.25, -0.2) is 0 Å². The fourth-order valence-electron chi connectivity index (χ4n) is 2.33. The van der Waals surface area contributed by atoms with Crippen LogP contribution in [0.1, 0.15) is 30.0 Å². The van der Waals surface area contributed by atoms with Gasteiger partial charge < -0.3 is 15.2 Å². The summed E-state index contributed by atoms with van der Waals surface area (Å²) in [4.78, 5) is 4.41. The molecule has 0 saturated carbocycles. The average Bonchev–Trinajstić information content (AvgIpc) is 2.37. The second-order valence-electron chi connectivity index (χ2n) is 4.84. The van der Waals surface area contributed by atoms with Crippen molar-refractivity contribution in [2.24, 2.45) is 0 Å². The summed E-state index contributed by atoms with van der Waals surface area (Å²) in [6.07, 6.45) is -0.573. The van der Waals surface area contributed by atoms with Gasteiger partial charge in [0.1, 0.15) is 5.75 Å². The van der Waals surface area contributed by atoms with E-state index in [0.29, 0.717) is 0 Å². The molecule has 20 heavy (non-hydrogen) atoms. The summed E-state index contributed by atoms with van der Waals surface area (Å²) in [6.45, 7) is 5.59. The van der Waals surface area contributed by atoms with Crippen LogP contribution in [0.4, 0.5) is 11.4 Å². The first-order chi connectivity index (χ1) is 9.51. The maximum absolute atomic E-state index is 9.95. The van der Waals surface area contributed by atoms with Gasteiger partial charge in [0.05, 0.1) is 13.2 Å². The Labute approximate surface area is 119 Å². The van der Waals surface area contributed by atoms with Gasteiger partial charge in [-0.05, 0) is 39.0 Å². The van der Waals surface area contributed by atoms with Crippen LogP contribution >= 0.6 is 0 Å². The topological polar surface area (TPSA) is 54.4 Å². The highest BCUT2D eigenvalue weighted by Gasteiger charge is 2.13. The van der Waals surface area contributed by atoms with Crippen molar-refractivity contribution in [2.45, 2.75) is 26.9 Å². The number of benzene rings is 1. The molecule has 1 aromatic carbocycles. The highest BCUT2D eigenvalue weighted by atomic mass is 16.5. The summed E-state index contributed by atoms with van der Waals surface area (Å²) in [7, 11) is 1.64. The van der Waals surface area contributed by atoms with Crippen molar-refractivity contribution in [3.05, 3.63) is 47.3 Å². The second-order valence-corrected chi connectivity index (χ2v) is 4.84. The quantitative estimate of drug-likeness (QED) is 0.894. The van der Waals surface area contributed by atoms with E-state index in [0.717, 1.165) is 34.1 Å². The van der Waals surface area contributed by atoms with Crippen LogP contribution in [-0.2, 0) is 0 Å². The number of methoxy groups -OCH3 is 1. The molecule has 0 saturated heterocycles. The lowest BCUT2D eigenvalue weighted by Crippen LogP contribution is -2.05. The first kappa shape index (κ1) is 14.3. The van der Waals surface area contributed by atoms with Gasteiger partial charge in [0.2, 0.25) is 0 Å². The molecular formula is C16H20N2O2. The first-order valence-corrected chi connectivity index (χ1v) is 6.58. The molecule has 0 aliphatic rings. The minimum atomic E-state index is -0.573. The van der Waals surface area contributed by atoms with Crippen molar-refractivity contribution in [3.8, 4) is 5.75 Å². The SMILES string of the molecule is COc1cccc(Nc2cc(C)nc(C)c2C(C)O)c1. The Bertz CT molecular complexity index is 609. The number of hydrogen-bond donors (Lipinski definition) is 2. The summed E-state index contributed by atoms with van der Waals surface area (Å²) >= 11 is 0. The third kappa shape index (κ3) is 3.08. The van der Waals surface area contributed by atoms with E-state index in [2.05, 4.69) is 10.3 Å². The van der Waals surface area contributed by atoms with Gasteiger partial charge in [-0.3, -0.25) is 4.98 Å². The van der Waals surface area contributed by atoms with Crippen molar-refractivity contribution in [3.63, 3.8) is 0 Å². The number of aliphatic hydroxyl groups is 1. The van der Waals surface area contributed by atoms with Crippen LogP contribution in [0.25, 0.3) is 0 Å². The zero-order valence-corrected chi connectivity index (χ0v) is 12.3. The van der Waals surface area contributed by atoms with Crippen LogP contribution in [0.15, 0.2) is 30.3 Å². The fraction of sp³-hybridized carbons (Fsp3) is 0.312. The summed E-state index contributed by atoms with van der Waals surface area (Å²) in [5, 5.41) is 13.3. The number of aryl methyl sites for hydroxylation is 2. The van der Waals surface area contributed by atoms with Gasteiger partial charge in [-0.1, -0.05) is 6.07 Å². The Morgan fingerprint density at radius 1 is 1.25 bits per heavy atom. The van der Waals surface area contributed by atoms with E-state index in [1.807, 2.05) is 44.2 Å². The molecule has 0 bridgehead atoms. The Balaban J connectivity index is 2.41. The number of rotatable bonds is 4. The average molecular weight is 272 g/mol. The monoisotopic (exact) mass is 272 g/mol. The van der Waals surface area contributed by atoms with Crippen molar-refractivity contribution >= 4 is 11.4 Å². The minimum Gasteiger partial charge on any atom is -0.497 e. The predicted molar refractivity (Wildman–Crippen MR) is 80.6 cm³/mol.